The van der Waals surface area contributed by atoms with Crippen LogP contribution in [0.2, 0.25) is 0 Å². The third-order valence-electron chi connectivity index (χ3n) is 3.74. The summed E-state index contributed by atoms with van der Waals surface area (Å²) in [5.41, 5.74) is 2.52. The summed E-state index contributed by atoms with van der Waals surface area (Å²) in [4.78, 5) is 0. The standard InChI is InChI=1S/C16H15Br2NO/c1-19-16(12-8-10(17)6-7-14(12)18)13-9-20-15-5-3-2-4-11(13)15/h2-8,13,16,19H,9H2,1H3. The average molecular weight is 397 g/mol. The Morgan fingerprint density at radius 1 is 1.20 bits per heavy atom. The number of halogens is 2. The topological polar surface area (TPSA) is 21.3 Å². The minimum absolute atomic E-state index is 0.213. The lowest BCUT2D eigenvalue weighted by molar-refractivity contribution is 0.304. The van der Waals surface area contributed by atoms with Crippen LogP contribution < -0.4 is 10.1 Å². The summed E-state index contributed by atoms with van der Waals surface area (Å²) in [6.07, 6.45) is 0. The van der Waals surface area contributed by atoms with Gasteiger partial charge in [-0.1, -0.05) is 50.1 Å². The van der Waals surface area contributed by atoms with Crippen molar-refractivity contribution in [2.75, 3.05) is 13.7 Å². The Hall–Kier alpha value is -0.840. The summed E-state index contributed by atoms with van der Waals surface area (Å²) >= 11 is 7.21. The van der Waals surface area contributed by atoms with Gasteiger partial charge < -0.3 is 10.1 Å². The number of rotatable bonds is 3. The van der Waals surface area contributed by atoms with Gasteiger partial charge in [0.15, 0.2) is 0 Å². The molecular formula is C16H15Br2NO. The summed E-state index contributed by atoms with van der Waals surface area (Å²) in [7, 11) is 2.00. The van der Waals surface area contributed by atoms with E-state index in [-0.39, 0.29) is 6.04 Å². The van der Waals surface area contributed by atoms with Crippen LogP contribution in [0.5, 0.6) is 5.75 Å². The second-order valence-electron chi connectivity index (χ2n) is 4.89. The molecule has 104 valence electrons. The molecule has 3 rings (SSSR count). The normalized spacial score (nSPS) is 18.4. The predicted octanol–water partition coefficient (Wildman–Crippen LogP) is 4.65. The molecule has 0 fully saturated rings. The average Bonchev–Trinajstić information content (AvgIpc) is 2.88. The van der Waals surface area contributed by atoms with Crippen LogP contribution in [0.25, 0.3) is 0 Å². The number of fused-ring (bicyclic) bond motifs is 1. The van der Waals surface area contributed by atoms with Gasteiger partial charge in [0, 0.05) is 26.5 Å². The molecule has 0 amide bonds. The lowest BCUT2D eigenvalue weighted by atomic mass is 9.88. The highest BCUT2D eigenvalue weighted by Gasteiger charge is 2.32. The second-order valence-corrected chi connectivity index (χ2v) is 6.66. The van der Waals surface area contributed by atoms with Crippen LogP contribution in [-0.2, 0) is 0 Å². The second kappa shape index (κ2) is 5.88. The first-order valence-electron chi connectivity index (χ1n) is 6.54. The van der Waals surface area contributed by atoms with E-state index in [1.807, 2.05) is 25.2 Å². The predicted molar refractivity (Wildman–Crippen MR) is 88.3 cm³/mol. The number of hydrogen-bond acceptors (Lipinski definition) is 2. The first kappa shape index (κ1) is 14.1. The van der Waals surface area contributed by atoms with Crippen molar-refractivity contribution in [3.05, 3.63) is 62.5 Å². The maximum Gasteiger partial charge on any atom is 0.122 e. The highest BCUT2D eigenvalue weighted by Crippen LogP contribution is 2.43. The Balaban J connectivity index is 2.01. The Morgan fingerprint density at radius 3 is 2.80 bits per heavy atom. The van der Waals surface area contributed by atoms with Crippen molar-refractivity contribution in [3.63, 3.8) is 0 Å². The Bertz CT molecular complexity index is 630. The summed E-state index contributed by atoms with van der Waals surface area (Å²) in [6.45, 7) is 0.712. The summed E-state index contributed by atoms with van der Waals surface area (Å²) < 4.78 is 8.02. The van der Waals surface area contributed by atoms with Crippen LogP contribution in [0.15, 0.2) is 51.4 Å². The van der Waals surface area contributed by atoms with Crippen LogP contribution >= 0.6 is 31.9 Å². The van der Waals surface area contributed by atoms with E-state index in [9.17, 15) is 0 Å². The van der Waals surface area contributed by atoms with Crippen molar-refractivity contribution in [1.82, 2.24) is 5.32 Å². The Kier molecular flexibility index (Phi) is 4.15. The number of likely N-dealkylation sites (N-methyl/N-ethyl adjacent to an activating group) is 1. The molecule has 1 N–H and O–H groups in total. The van der Waals surface area contributed by atoms with Gasteiger partial charge in [-0.05, 0) is 36.9 Å². The molecule has 0 spiro atoms. The van der Waals surface area contributed by atoms with Gasteiger partial charge in [0.2, 0.25) is 0 Å². The fraction of sp³-hybridized carbons (Fsp3) is 0.250. The molecule has 0 saturated heterocycles. The maximum atomic E-state index is 5.82. The van der Waals surface area contributed by atoms with E-state index in [1.165, 1.54) is 11.1 Å². The van der Waals surface area contributed by atoms with Gasteiger partial charge in [0.1, 0.15) is 5.75 Å². The van der Waals surface area contributed by atoms with Crippen LogP contribution in [0.1, 0.15) is 23.1 Å². The summed E-state index contributed by atoms with van der Waals surface area (Å²) in [6, 6.07) is 14.8. The molecule has 0 bridgehead atoms. The van der Waals surface area contributed by atoms with Crippen molar-refractivity contribution in [2.45, 2.75) is 12.0 Å². The van der Waals surface area contributed by atoms with E-state index in [4.69, 9.17) is 4.74 Å². The van der Waals surface area contributed by atoms with E-state index < -0.39 is 0 Å². The fourth-order valence-corrected chi connectivity index (χ4v) is 3.66. The van der Waals surface area contributed by atoms with Gasteiger partial charge in [-0.25, -0.2) is 0 Å². The SMILES string of the molecule is CNC(c1cc(Br)ccc1Br)C1COc2ccccc21. The maximum absolute atomic E-state index is 5.82. The van der Waals surface area contributed by atoms with Crippen molar-refractivity contribution in [1.29, 1.82) is 0 Å². The molecule has 2 unspecified atom stereocenters. The van der Waals surface area contributed by atoms with E-state index >= 15 is 0 Å². The highest BCUT2D eigenvalue weighted by molar-refractivity contribution is 9.11. The molecule has 2 atom stereocenters. The van der Waals surface area contributed by atoms with Crippen LogP contribution in [0, 0.1) is 0 Å². The van der Waals surface area contributed by atoms with Crippen molar-refractivity contribution in [2.24, 2.45) is 0 Å². The summed E-state index contributed by atoms with van der Waals surface area (Å²) in [5, 5.41) is 3.44. The largest absolute Gasteiger partial charge is 0.493 e. The smallest absolute Gasteiger partial charge is 0.122 e. The van der Waals surface area contributed by atoms with Crippen molar-refractivity contribution < 1.29 is 4.74 Å². The van der Waals surface area contributed by atoms with Gasteiger partial charge in [0.25, 0.3) is 0 Å². The van der Waals surface area contributed by atoms with Gasteiger partial charge in [-0.2, -0.15) is 0 Å². The molecule has 4 heteroatoms. The minimum atomic E-state index is 0.213. The molecular weight excluding hydrogens is 382 g/mol. The number of benzene rings is 2. The number of nitrogens with one attached hydrogen (secondary N) is 1. The van der Waals surface area contributed by atoms with Crippen molar-refractivity contribution >= 4 is 31.9 Å². The Morgan fingerprint density at radius 2 is 2.00 bits per heavy atom. The fourth-order valence-electron chi connectivity index (χ4n) is 2.79. The third kappa shape index (κ3) is 2.52. The molecule has 0 aromatic heterocycles. The zero-order valence-electron chi connectivity index (χ0n) is 11.1. The highest BCUT2D eigenvalue weighted by atomic mass is 79.9. The van der Waals surface area contributed by atoms with Gasteiger partial charge in [-0.3, -0.25) is 0 Å². The molecule has 2 aromatic rings. The molecule has 2 nitrogen and oxygen atoms in total. The van der Waals surface area contributed by atoms with Gasteiger partial charge in [-0.15, -0.1) is 0 Å². The monoisotopic (exact) mass is 395 g/mol. The molecule has 0 saturated carbocycles. The first-order chi connectivity index (χ1) is 9.70. The zero-order valence-corrected chi connectivity index (χ0v) is 14.2. The first-order valence-corrected chi connectivity index (χ1v) is 8.13. The number of para-hydroxylation sites is 1. The molecule has 0 radical (unpaired) electrons. The third-order valence-corrected chi connectivity index (χ3v) is 4.96. The van der Waals surface area contributed by atoms with Crippen LogP contribution in [-0.4, -0.2) is 13.7 Å². The molecule has 1 heterocycles. The van der Waals surface area contributed by atoms with Crippen LogP contribution in [0.4, 0.5) is 0 Å². The van der Waals surface area contributed by atoms with E-state index in [0.717, 1.165) is 14.7 Å². The number of ether oxygens (including phenoxy) is 1. The molecule has 20 heavy (non-hydrogen) atoms. The van der Waals surface area contributed by atoms with Gasteiger partial charge >= 0.3 is 0 Å². The van der Waals surface area contributed by atoms with Crippen LogP contribution in [0.3, 0.4) is 0 Å². The minimum Gasteiger partial charge on any atom is -0.493 e. The molecule has 1 aliphatic rings. The zero-order chi connectivity index (χ0) is 14.1. The molecule has 0 aliphatic carbocycles. The Labute approximate surface area is 135 Å². The van der Waals surface area contributed by atoms with E-state index in [0.29, 0.717) is 12.5 Å². The van der Waals surface area contributed by atoms with Gasteiger partial charge in [0.05, 0.1) is 6.61 Å². The molecule has 1 aliphatic heterocycles. The summed E-state index contributed by atoms with van der Waals surface area (Å²) in [5.74, 6) is 1.32. The lowest BCUT2D eigenvalue weighted by Crippen LogP contribution is -2.25. The van der Waals surface area contributed by atoms with E-state index in [1.54, 1.807) is 0 Å². The van der Waals surface area contributed by atoms with E-state index in [2.05, 4.69) is 61.4 Å². The number of hydrogen-bond donors (Lipinski definition) is 1. The lowest BCUT2D eigenvalue weighted by Gasteiger charge is -2.24. The van der Waals surface area contributed by atoms with Crippen molar-refractivity contribution in [3.8, 4) is 5.75 Å². The molecule has 2 aromatic carbocycles. The quantitative estimate of drug-likeness (QED) is 0.815.